The quantitative estimate of drug-likeness (QED) is 0.0121. The molecule has 644 valence electrons. The van der Waals surface area contributed by atoms with Gasteiger partial charge in [0.15, 0.2) is 24.5 Å². The first-order chi connectivity index (χ1) is 55.1. The number of benzene rings is 4. The maximum Gasteiger partial charge on any atom is 0.335 e. The number of carboxylic acids is 1. The molecule has 29 nitrogen and oxygen atoms in total. The molecule has 0 spiro atoms. The van der Waals surface area contributed by atoms with Crippen molar-refractivity contribution in [2.24, 2.45) is 0 Å². The van der Waals surface area contributed by atoms with E-state index in [1.54, 1.807) is 43.3 Å². The third kappa shape index (κ3) is 23.0. The number of carbonyl (C=O) groups excluding carboxylic acids is 1. The van der Waals surface area contributed by atoms with Crippen molar-refractivity contribution in [2.75, 3.05) is 67.3 Å². The predicted octanol–water partition coefficient (Wildman–Crippen LogP) is 11.4. The zero-order valence-corrected chi connectivity index (χ0v) is 72.6. The van der Waals surface area contributed by atoms with Gasteiger partial charge in [-0.25, -0.2) is 0 Å². The van der Waals surface area contributed by atoms with Crippen LogP contribution < -0.4 is 20.0 Å². The van der Waals surface area contributed by atoms with Gasteiger partial charge < -0.3 is 44.1 Å². The van der Waals surface area contributed by atoms with E-state index in [0.29, 0.717) is 108 Å². The average molecular weight is 1740 g/mol. The molecule has 4 aromatic carbocycles. The fourth-order valence-corrected chi connectivity index (χ4v) is 20.2. The minimum atomic E-state index is -4.54. The van der Waals surface area contributed by atoms with Crippen LogP contribution in [0.5, 0.6) is 11.5 Å². The van der Waals surface area contributed by atoms with E-state index >= 15 is 0 Å². The molecular weight excluding hydrogens is 1630 g/mol. The molecule has 4 aromatic rings. The van der Waals surface area contributed by atoms with E-state index in [9.17, 15) is 71.7 Å². The number of nitrogens with zero attached hydrogens (tertiary/aromatic N) is 4. The second-order valence-corrected chi connectivity index (χ2v) is 37.7. The summed E-state index contributed by atoms with van der Waals surface area (Å²) in [4.78, 5) is 27.1. The van der Waals surface area contributed by atoms with E-state index in [4.69, 9.17) is 40.9 Å². The molecule has 0 bridgehead atoms. The number of aliphatic carboxylic acids is 1. The Labute approximate surface area is 694 Å². The summed E-state index contributed by atoms with van der Waals surface area (Å²) in [7, 11) is -17.4. The van der Waals surface area contributed by atoms with E-state index in [-0.39, 0.29) is 76.7 Å². The van der Waals surface area contributed by atoms with Gasteiger partial charge in [0.05, 0.1) is 63.1 Å². The van der Waals surface area contributed by atoms with E-state index < -0.39 is 97.0 Å². The van der Waals surface area contributed by atoms with E-state index in [2.05, 4.69) is 45.0 Å². The van der Waals surface area contributed by atoms with Gasteiger partial charge in [0.2, 0.25) is 11.4 Å². The van der Waals surface area contributed by atoms with Crippen LogP contribution in [0.15, 0.2) is 129 Å². The molecule has 117 heavy (non-hydrogen) atoms. The third-order valence-corrected chi connectivity index (χ3v) is 26.7. The van der Waals surface area contributed by atoms with Crippen LogP contribution in [0.25, 0.3) is 0 Å². The summed E-state index contributed by atoms with van der Waals surface area (Å²) in [5.41, 5.74) is 10.0. The van der Waals surface area contributed by atoms with Gasteiger partial charge in [0, 0.05) is 126 Å². The lowest BCUT2D eigenvalue weighted by Crippen LogP contribution is -2.48. The van der Waals surface area contributed by atoms with Crippen LogP contribution in [0.1, 0.15) is 213 Å². The van der Waals surface area contributed by atoms with Crippen LogP contribution in [0.4, 0.5) is 22.7 Å². The Hall–Kier alpha value is -7.52. The van der Waals surface area contributed by atoms with Gasteiger partial charge in [0.25, 0.3) is 40.5 Å². The Morgan fingerprint density at radius 2 is 1.12 bits per heavy atom. The zero-order chi connectivity index (χ0) is 86.2. The van der Waals surface area contributed by atoms with Crippen LogP contribution in [0.3, 0.4) is 0 Å². The fourth-order valence-electron chi connectivity index (χ4n) is 18.1. The van der Waals surface area contributed by atoms with Crippen LogP contribution in [0, 0.1) is 0 Å². The van der Waals surface area contributed by atoms with E-state index in [1.807, 2.05) is 65.8 Å². The SMILES string of the molecule is CC1(CCCCS(=O)(=O)O)C2=C3C=C4C5=[N+](CCC4OC3CCN2c2ccc(S(=O)(=O)O)cc21)c1ccc([O-])cc1C5(C)CCCCCC(=O)O.CCOC(=O)CCCCCC1(C)C(/C=C/C=C2/N(CCC(C)OCC)c3ccc(S(=O)(=O)O)cc3C2(C)CCCCS(=O)(=O)O)=[N+](CCC(C)OCC)c2ccc([O-])cc21.O=S=O.O=S=O. The van der Waals surface area contributed by atoms with Crippen molar-refractivity contribution < 1.29 is 122 Å². The van der Waals surface area contributed by atoms with Gasteiger partial charge in [-0.05, 0) is 186 Å². The monoisotopic (exact) mass is 1740 g/mol. The van der Waals surface area contributed by atoms with Gasteiger partial charge >= 0.3 is 35.1 Å². The van der Waals surface area contributed by atoms with E-state index in [1.165, 1.54) is 24.3 Å². The molecule has 0 saturated carbocycles. The number of esters is 1. The highest BCUT2D eigenvalue weighted by Crippen LogP contribution is 2.58. The summed E-state index contributed by atoms with van der Waals surface area (Å²) in [6, 6.07) is 19.7. The molecular formula is C82H110N4O25S6. The molecule has 0 aromatic heterocycles. The molecule has 5 N–H and O–H groups in total. The molecule has 11 rings (SSSR count). The number of ether oxygens (including phenoxy) is 4. The lowest BCUT2D eigenvalue weighted by molar-refractivity contribution is -0.445. The first kappa shape index (κ1) is 95.0. The molecule has 0 amide bonds. The first-order valence-electron chi connectivity index (χ1n) is 39.7. The number of carbonyl (C=O) groups is 2. The largest absolute Gasteiger partial charge is 0.872 e. The highest BCUT2D eigenvalue weighted by Gasteiger charge is 2.57. The smallest absolute Gasteiger partial charge is 0.335 e. The predicted molar refractivity (Wildman–Crippen MR) is 438 cm³/mol. The second kappa shape index (κ2) is 40.7. The van der Waals surface area contributed by atoms with E-state index in [0.717, 1.165) is 126 Å². The van der Waals surface area contributed by atoms with Gasteiger partial charge in [0.1, 0.15) is 0 Å². The molecule has 7 heterocycles. The number of hydrogen-bond donors (Lipinski definition) is 5. The van der Waals surface area contributed by atoms with Gasteiger partial charge in [-0.2, -0.15) is 59.7 Å². The Kier molecular flexibility index (Phi) is 33.0. The minimum Gasteiger partial charge on any atom is -0.872 e. The number of unbranched alkanes of at least 4 members (excludes halogenated alkanes) is 6. The summed E-state index contributed by atoms with van der Waals surface area (Å²) in [6.45, 7) is 22.1. The zero-order valence-electron chi connectivity index (χ0n) is 67.7. The fraction of sp³-hybridized carbons (Fsp3) is 0.561. The number of carboxylic acid groups (broad SMARTS) is 1. The normalized spacial score (nSPS) is 22.5. The number of allylic oxidation sites excluding steroid dienone is 5. The molecule has 7 aliphatic rings. The number of fused-ring (bicyclic) bond motifs is 10. The molecule has 0 aliphatic carbocycles. The minimum absolute atomic E-state index is 0.00176. The standard InChI is InChI=1S/C45H66N2O11S2.C37H44N2O10S2.2O2S/c1-8-56-33(4)24-28-46-39-22-20-35(48)31-37(39)44(6,26-13-11-12-19-43(49)58-10-3)41(46)17-16-18-42-45(7,27-14-15-30-59(50,51)52)38-32-36(60(53,54)55)21-23-40(38)47(42)29-25-34(5)57-9-2;1-36(15-5-3-4-8-33(41)42)27-20-23(40)9-11-29(27)38-17-13-31-25(34(36)38)22-26-32(49-31)14-18-39-30-12-10-24(51(46,47)48)21-28(30)37(2,35(26)39)16-6-7-19-50(43,44)45;2*1-3-2/h16-18,20-23,31-34H,8-15,19,24-30H2,1-7H3,(H2-,48,50,51,52,53,54,55);9-12,20-22,31-32H,3-8,13-19H2,1-2H3,(H3-,40,41,42,43,44,45,46,47,48);;. The summed E-state index contributed by atoms with van der Waals surface area (Å²) in [5, 5.41) is 34.9. The lowest BCUT2D eigenvalue weighted by Gasteiger charge is -2.43. The average Bonchev–Trinajstić information content (AvgIpc) is 1.55. The summed E-state index contributed by atoms with van der Waals surface area (Å²) in [5.74, 6) is -1.96. The highest BCUT2D eigenvalue weighted by atomic mass is 32.2. The summed E-state index contributed by atoms with van der Waals surface area (Å²) >= 11 is -1.50. The summed E-state index contributed by atoms with van der Waals surface area (Å²) in [6.07, 6.45) is 19.1. The van der Waals surface area contributed by atoms with Gasteiger partial charge in [-0.15, -0.1) is 11.5 Å². The topological polar surface area (TPSA) is 436 Å². The number of hydrogen-bond acceptors (Lipinski definition) is 22. The van der Waals surface area contributed by atoms with Crippen molar-refractivity contribution in [1.82, 2.24) is 0 Å². The highest BCUT2D eigenvalue weighted by molar-refractivity contribution is 7.86. The van der Waals surface area contributed by atoms with Crippen molar-refractivity contribution in [3.8, 4) is 11.5 Å². The van der Waals surface area contributed by atoms with Crippen LogP contribution in [-0.4, -0.2) is 188 Å². The number of rotatable bonds is 37. The Bertz CT molecular complexity index is 5060. The van der Waals surface area contributed by atoms with Gasteiger partial charge in [-0.3, -0.25) is 27.8 Å². The summed E-state index contributed by atoms with van der Waals surface area (Å²) < 4.78 is 196. The van der Waals surface area contributed by atoms with Gasteiger partial charge in [-0.1, -0.05) is 68.9 Å². The lowest BCUT2D eigenvalue weighted by atomic mass is 9.70. The first-order valence-corrected chi connectivity index (χ1v) is 47.1. The van der Waals surface area contributed by atoms with Crippen LogP contribution in [0.2, 0.25) is 0 Å². The van der Waals surface area contributed by atoms with Crippen LogP contribution in [-0.2, 0) is 114 Å². The molecule has 8 unspecified atom stereocenters. The number of anilines is 2. The molecule has 0 saturated heterocycles. The Morgan fingerprint density at radius 1 is 0.607 bits per heavy atom. The molecule has 0 fully saturated rings. The van der Waals surface area contributed by atoms with Crippen molar-refractivity contribution in [3.63, 3.8) is 0 Å². The molecule has 0 radical (unpaired) electrons. The van der Waals surface area contributed by atoms with Crippen molar-refractivity contribution >= 4 is 110 Å². The maximum absolute atomic E-state index is 13.0. The van der Waals surface area contributed by atoms with Crippen molar-refractivity contribution in [1.29, 1.82) is 0 Å². The Balaban J connectivity index is 0.000000276. The van der Waals surface area contributed by atoms with Crippen LogP contribution >= 0.6 is 0 Å². The maximum atomic E-state index is 13.0. The third-order valence-electron chi connectivity index (χ3n) is 23.4. The Morgan fingerprint density at radius 3 is 1.68 bits per heavy atom. The van der Waals surface area contributed by atoms with Crippen molar-refractivity contribution in [2.45, 2.75) is 247 Å². The van der Waals surface area contributed by atoms with Crippen molar-refractivity contribution in [3.05, 3.63) is 142 Å². The molecule has 7 aliphatic heterocycles. The molecule has 8 atom stereocenters. The second-order valence-electron chi connectivity index (χ2n) is 31.4. The molecule has 35 heteroatoms.